The second kappa shape index (κ2) is 5.19. The molecule has 0 aliphatic heterocycles. The number of rotatable bonds is 2. The molecule has 2 aromatic rings. The Morgan fingerprint density at radius 3 is 2.00 bits per heavy atom. The lowest BCUT2D eigenvalue weighted by molar-refractivity contribution is 0.276. The molecular formula is C13H9ClOS. The molecule has 0 heterocycles. The average molecular weight is 249 g/mol. The van der Waals surface area contributed by atoms with E-state index in [-0.39, 0.29) is 0 Å². The zero-order chi connectivity index (χ0) is 11.4. The van der Waals surface area contributed by atoms with Gasteiger partial charge < -0.3 is 0 Å². The predicted octanol–water partition coefficient (Wildman–Crippen LogP) is 4.80. The summed E-state index contributed by atoms with van der Waals surface area (Å²) in [5.41, 5.74) is 2.29. The maximum Gasteiger partial charge on any atom is 0.284 e. The molecule has 0 unspecified atom stereocenters. The summed E-state index contributed by atoms with van der Waals surface area (Å²) in [6.07, 6.45) is 0. The maximum absolute atomic E-state index is 10.7. The van der Waals surface area contributed by atoms with Crippen LogP contribution >= 0.6 is 23.4 Å². The van der Waals surface area contributed by atoms with E-state index < -0.39 is 4.57 Å². The Bertz CT molecular complexity index is 479. The zero-order valence-electron chi connectivity index (χ0n) is 8.39. The van der Waals surface area contributed by atoms with E-state index in [2.05, 4.69) is 12.1 Å². The Kier molecular flexibility index (Phi) is 3.65. The normalized spacial score (nSPS) is 10.1. The molecule has 0 N–H and O–H groups in total. The van der Waals surface area contributed by atoms with Gasteiger partial charge in [-0.2, -0.15) is 0 Å². The fourth-order valence-corrected chi connectivity index (χ4v) is 2.16. The Hall–Kier alpha value is -1.25. The predicted molar refractivity (Wildman–Crippen MR) is 69.0 cm³/mol. The van der Waals surface area contributed by atoms with E-state index in [0.717, 1.165) is 27.8 Å². The van der Waals surface area contributed by atoms with Crippen molar-refractivity contribution in [3.63, 3.8) is 0 Å². The topological polar surface area (TPSA) is 17.1 Å². The van der Waals surface area contributed by atoms with E-state index in [1.807, 2.05) is 42.5 Å². The molecule has 0 saturated heterocycles. The van der Waals surface area contributed by atoms with Gasteiger partial charge >= 0.3 is 0 Å². The Morgan fingerprint density at radius 1 is 0.875 bits per heavy atom. The van der Waals surface area contributed by atoms with Gasteiger partial charge in [-0.1, -0.05) is 42.5 Å². The quantitative estimate of drug-likeness (QED) is 0.561. The van der Waals surface area contributed by atoms with Crippen LogP contribution in [-0.2, 0) is 0 Å². The third kappa shape index (κ3) is 2.87. The molecule has 0 bridgehead atoms. The van der Waals surface area contributed by atoms with Gasteiger partial charge in [0.15, 0.2) is 0 Å². The molecule has 0 aliphatic carbocycles. The molecule has 0 radical (unpaired) electrons. The van der Waals surface area contributed by atoms with Crippen molar-refractivity contribution in [1.82, 2.24) is 0 Å². The van der Waals surface area contributed by atoms with Crippen LogP contribution in [0.15, 0.2) is 59.5 Å². The molecule has 0 aromatic heterocycles. The molecule has 3 heteroatoms. The van der Waals surface area contributed by atoms with Crippen LogP contribution in [0.4, 0.5) is 4.79 Å². The van der Waals surface area contributed by atoms with Crippen LogP contribution in [0, 0.1) is 0 Å². The first-order chi connectivity index (χ1) is 7.75. The van der Waals surface area contributed by atoms with E-state index in [4.69, 9.17) is 11.6 Å². The summed E-state index contributed by atoms with van der Waals surface area (Å²) >= 11 is 6.32. The van der Waals surface area contributed by atoms with E-state index >= 15 is 0 Å². The highest BCUT2D eigenvalue weighted by molar-refractivity contribution is 8.16. The van der Waals surface area contributed by atoms with Crippen LogP contribution in [-0.4, -0.2) is 4.57 Å². The van der Waals surface area contributed by atoms with Crippen LogP contribution < -0.4 is 0 Å². The third-order valence-corrected chi connectivity index (χ3v) is 3.06. The molecule has 0 spiro atoms. The summed E-state index contributed by atoms with van der Waals surface area (Å²) in [5.74, 6) is 0. The monoisotopic (exact) mass is 248 g/mol. The highest BCUT2D eigenvalue weighted by Gasteiger charge is 2.01. The summed E-state index contributed by atoms with van der Waals surface area (Å²) in [4.78, 5) is 11.6. The molecule has 0 atom stereocenters. The molecule has 0 amide bonds. The molecule has 1 nitrogen and oxygen atoms in total. The number of carbonyl (C=O) groups is 1. The van der Waals surface area contributed by atoms with Crippen molar-refractivity contribution in [1.29, 1.82) is 0 Å². The summed E-state index contributed by atoms with van der Waals surface area (Å²) in [5, 5.41) is 0. The second-order valence-electron chi connectivity index (χ2n) is 3.23. The Balaban J connectivity index is 2.23. The van der Waals surface area contributed by atoms with Crippen molar-refractivity contribution < 1.29 is 4.79 Å². The van der Waals surface area contributed by atoms with Gasteiger partial charge in [0.1, 0.15) is 0 Å². The molecule has 0 saturated carbocycles. The minimum absolute atomic E-state index is 0.410. The van der Waals surface area contributed by atoms with Crippen molar-refractivity contribution >= 4 is 27.9 Å². The largest absolute Gasteiger partial charge is 0.284 e. The van der Waals surface area contributed by atoms with E-state index in [9.17, 15) is 4.79 Å². The van der Waals surface area contributed by atoms with Crippen LogP contribution in [0.1, 0.15) is 0 Å². The fourth-order valence-electron chi connectivity index (χ4n) is 1.44. The van der Waals surface area contributed by atoms with Gasteiger partial charge in [-0.25, -0.2) is 0 Å². The van der Waals surface area contributed by atoms with E-state index in [1.165, 1.54) is 0 Å². The minimum Gasteiger partial charge on any atom is -0.268 e. The first kappa shape index (κ1) is 11.2. The summed E-state index contributed by atoms with van der Waals surface area (Å²) in [6.45, 7) is 0. The van der Waals surface area contributed by atoms with Crippen molar-refractivity contribution in [3.8, 4) is 11.1 Å². The Labute approximate surface area is 103 Å². The first-order valence-electron chi connectivity index (χ1n) is 4.78. The molecule has 0 aliphatic rings. The lowest BCUT2D eigenvalue weighted by Gasteiger charge is -2.02. The fraction of sp³-hybridized carbons (Fsp3) is 0. The van der Waals surface area contributed by atoms with Crippen molar-refractivity contribution in [2.24, 2.45) is 0 Å². The lowest BCUT2D eigenvalue weighted by atomic mass is 10.1. The summed E-state index contributed by atoms with van der Waals surface area (Å²) < 4.78 is -0.410. The van der Waals surface area contributed by atoms with E-state index in [0.29, 0.717) is 0 Å². The van der Waals surface area contributed by atoms with Crippen molar-refractivity contribution in [2.75, 3.05) is 0 Å². The van der Waals surface area contributed by atoms with E-state index in [1.54, 1.807) is 0 Å². The van der Waals surface area contributed by atoms with Crippen LogP contribution in [0.2, 0.25) is 0 Å². The summed E-state index contributed by atoms with van der Waals surface area (Å²) in [6, 6.07) is 17.8. The van der Waals surface area contributed by atoms with Gasteiger partial charge in [0.05, 0.1) is 0 Å². The standard InChI is InChI=1S/C13H9ClOS/c14-13(15)16-12-8-6-11(7-9-12)10-4-2-1-3-5-10/h1-9H. The molecule has 2 aromatic carbocycles. The molecule has 80 valence electrons. The van der Waals surface area contributed by atoms with Crippen LogP contribution in [0.3, 0.4) is 0 Å². The van der Waals surface area contributed by atoms with Crippen LogP contribution in [0.25, 0.3) is 11.1 Å². The number of halogens is 1. The molecule has 2 rings (SSSR count). The number of benzene rings is 2. The molecular weight excluding hydrogens is 240 g/mol. The van der Waals surface area contributed by atoms with Crippen molar-refractivity contribution in [2.45, 2.75) is 4.90 Å². The Morgan fingerprint density at radius 2 is 1.44 bits per heavy atom. The highest BCUT2D eigenvalue weighted by atomic mass is 35.5. The first-order valence-corrected chi connectivity index (χ1v) is 5.98. The third-order valence-electron chi connectivity index (χ3n) is 2.16. The number of hydrogen-bond donors (Lipinski definition) is 0. The van der Waals surface area contributed by atoms with Crippen molar-refractivity contribution in [3.05, 3.63) is 54.6 Å². The van der Waals surface area contributed by atoms with Gasteiger partial charge in [0.2, 0.25) is 0 Å². The van der Waals surface area contributed by atoms with Gasteiger partial charge in [-0.15, -0.1) is 0 Å². The molecule has 0 fully saturated rings. The maximum atomic E-state index is 10.7. The van der Waals surface area contributed by atoms with Gasteiger partial charge in [-0.05, 0) is 46.6 Å². The highest BCUT2D eigenvalue weighted by Crippen LogP contribution is 2.25. The van der Waals surface area contributed by atoms with Crippen LogP contribution in [0.5, 0.6) is 0 Å². The number of carbonyl (C=O) groups excluding carboxylic acids is 1. The van der Waals surface area contributed by atoms with Gasteiger partial charge in [0.25, 0.3) is 4.57 Å². The smallest absolute Gasteiger partial charge is 0.268 e. The summed E-state index contributed by atoms with van der Waals surface area (Å²) in [7, 11) is 0. The van der Waals surface area contributed by atoms with Gasteiger partial charge in [0, 0.05) is 4.90 Å². The average Bonchev–Trinajstić information content (AvgIpc) is 2.30. The lowest BCUT2D eigenvalue weighted by Crippen LogP contribution is -1.78. The zero-order valence-corrected chi connectivity index (χ0v) is 9.96. The second-order valence-corrected chi connectivity index (χ2v) is 4.84. The minimum atomic E-state index is -0.410. The number of hydrogen-bond acceptors (Lipinski definition) is 2. The van der Waals surface area contributed by atoms with Gasteiger partial charge in [-0.3, -0.25) is 4.79 Å². The number of thioether (sulfide) groups is 1. The SMILES string of the molecule is O=C(Cl)Sc1ccc(-c2ccccc2)cc1. The molecule has 16 heavy (non-hydrogen) atoms.